The summed E-state index contributed by atoms with van der Waals surface area (Å²) in [4.78, 5) is 12.1. The molecule has 5 heteroatoms. The minimum Gasteiger partial charge on any atom is -0.338 e. The predicted octanol–water partition coefficient (Wildman–Crippen LogP) is 4.82. The maximum absolute atomic E-state index is 5.03. The van der Waals surface area contributed by atoms with Crippen LogP contribution in [0.2, 0.25) is 0 Å². The quantitative estimate of drug-likeness (QED) is 0.755. The minimum absolute atomic E-state index is 0.0780. The van der Waals surface area contributed by atoms with Crippen LogP contribution < -0.4 is 0 Å². The van der Waals surface area contributed by atoms with E-state index < -0.39 is 0 Å². The molecule has 2 aliphatic rings. The van der Waals surface area contributed by atoms with Gasteiger partial charge in [-0.25, -0.2) is 0 Å². The monoisotopic (exact) mass is 387 g/mol. The third kappa shape index (κ3) is 2.70. The van der Waals surface area contributed by atoms with Crippen LogP contribution in [0.25, 0.3) is 0 Å². The summed E-state index contributed by atoms with van der Waals surface area (Å²) < 4.78 is 1.11. The number of rotatable bonds is 3. The zero-order valence-electron chi connectivity index (χ0n) is 12.9. The maximum atomic E-state index is 5.03. The van der Waals surface area contributed by atoms with E-state index in [0.717, 1.165) is 22.3 Å². The fraction of sp³-hybridized carbons (Fsp3) is 0.333. The van der Waals surface area contributed by atoms with Crippen molar-refractivity contribution >= 4 is 32.9 Å². The zero-order chi connectivity index (χ0) is 15.8. The number of nitrogens with zero attached hydrogens (tertiary/aromatic N) is 3. The summed E-state index contributed by atoms with van der Waals surface area (Å²) in [6.45, 7) is 2.26. The Bertz CT molecular complexity index is 717. The average Bonchev–Trinajstić information content (AvgIpc) is 3.15. The summed E-state index contributed by atoms with van der Waals surface area (Å²) in [6, 6.07) is 15.6. The van der Waals surface area contributed by atoms with Gasteiger partial charge in [-0.3, -0.25) is 9.98 Å². The highest BCUT2D eigenvalue weighted by atomic mass is 79.9. The van der Waals surface area contributed by atoms with Crippen molar-refractivity contribution in [2.75, 3.05) is 5.75 Å². The molecule has 0 unspecified atom stereocenters. The molecule has 2 aromatic rings. The first-order valence-corrected chi connectivity index (χ1v) is 9.71. The highest BCUT2D eigenvalue weighted by Crippen LogP contribution is 2.48. The van der Waals surface area contributed by atoms with E-state index in [0.29, 0.717) is 6.04 Å². The van der Waals surface area contributed by atoms with Gasteiger partial charge in [-0.2, -0.15) is 0 Å². The molecule has 118 valence electrons. The Hall–Kier alpha value is -1.33. The Morgan fingerprint density at radius 3 is 2.74 bits per heavy atom. The molecule has 0 spiro atoms. The third-order valence-electron chi connectivity index (χ3n) is 4.54. The van der Waals surface area contributed by atoms with E-state index in [1.807, 2.05) is 24.0 Å². The Kier molecular flexibility index (Phi) is 4.16. The molecule has 23 heavy (non-hydrogen) atoms. The average molecular weight is 388 g/mol. The second-order valence-corrected chi connectivity index (χ2v) is 7.79. The molecule has 3 heterocycles. The van der Waals surface area contributed by atoms with Gasteiger partial charge in [-0.1, -0.05) is 52.8 Å². The Morgan fingerprint density at radius 2 is 2.04 bits per heavy atom. The van der Waals surface area contributed by atoms with Crippen LogP contribution in [0.4, 0.5) is 0 Å². The summed E-state index contributed by atoms with van der Waals surface area (Å²) in [6.07, 6.45) is 3.01. The van der Waals surface area contributed by atoms with Crippen LogP contribution in [0.3, 0.4) is 0 Å². The molecule has 1 fully saturated rings. The number of halogens is 1. The lowest BCUT2D eigenvalue weighted by Crippen LogP contribution is -2.35. The SMILES string of the molecule is CC[C@@H]1CSC2=N[C@@H](c3ccccn3)[C@@H](c3ccc(Br)cc3)N21. The van der Waals surface area contributed by atoms with Crippen LogP contribution in [0.5, 0.6) is 0 Å². The van der Waals surface area contributed by atoms with Gasteiger partial charge in [0, 0.05) is 22.5 Å². The lowest BCUT2D eigenvalue weighted by atomic mass is 9.95. The third-order valence-corrected chi connectivity index (χ3v) is 6.20. The fourth-order valence-corrected chi connectivity index (χ4v) is 4.97. The minimum atomic E-state index is 0.0780. The standard InChI is InChI=1S/C18H18BrN3S/c1-2-14-11-23-18-21-16(15-5-3-4-10-20-15)17(22(14)18)12-6-8-13(19)9-7-12/h3-10,14,16-17H,2,11H2,1H3/t14-,16+,17-/m1/s1. The molecule has 1 aromatic carbocycles. The Labute approximate surface area is 149 Å². The predicted molar refractivity (Wildman–Crippen MR) is 99.7 cm³/mol. The smallest absolute Gasteiger partial charge is 0.160 e. The Balaban J connectivity index is 1.78. The number of hydrogen-bond donors (Lipinski definition) is 0. The maximum Gasteiger partial charge on any atom is 0.160 e. The number of fused-ring (bicyclic) bond motifs is 1. The summed E-state index contributed by atoms with van der Waals surface area (Å²) in [5.41, 5.74) is 2.36. The number of hydrogen-bond acceptors (Lipinski definition) is 4. The summed E-state index contributed by atoms with van der Waals surface area (Å²) in [5.74, 6) is 1.14. The van der Waals surface area contributed by atoms with E-state index in [-0.39, 0.29) is 12.1 Å². The van der Waals surface area contributed by atoms with Gasteiger partial charge in [0.2, 0.25) is 0 Å². The van der Waals surface area contributed by atoms with Crippen molar-refractivity contribution < 1.29 is 0 Å². The molecule has 0 radical (unpaired) electrons. The van der Waals surface area contributed by atoms with E-state index in [1.54, 1.807) is 0 Å². The summed E-state index contributed by atoms with van der Waals surface area (Å²) in [5, 5.41) is 1.18. The number of amidine groups is 1. The highest BCUT2D eigenvalue weighted by molar-refractivity contribution is 9.10. The van der Waals surface area contributed by atoms with E-state index in [2.05, 4.69) is 69.1 Å². The molecule has 0 amide bonds. The van der Waals surface area contributed by atoms with Gasteiger partial charge in [0.1, 0.15) is 6.04 Å². The van der Waals surface area contributed by atoms with Gasteiger partial charge in [0.25, 0.3) is 0 Å². The molecule has 2 aliphatic heterocycles. The van der Waals surface area contributed by atoms with Gasteiger partial charge in [-0.15, -0.1) is 0 Å². The van der Waals surface area contributed by atoms with Crippen molar-refractivity contribution in [2.24, 2.45) is 4.99 Å². The van der Waals surface area contributed by atoms with Crippen LogP contribution in [-0.2, 0) is 0 Å². The van der Waals surface area contributed by atoms with Crippen LogP contribution in [-0.4, -0.2) is 26.8 Å². The Morgan fingerprint density at radius 1 is 1.22 bits per heavy atom. The van der Waals surface area contributed by atoms with Gasteiger partial charge >= 0.3 is 0 Å². The van der Waals surface area contributed by atoms with Crippen LogP contribution >= 0.6 is 27.7 Å². The van der Waals surface area contributed by atoms with E-state index in [1.165, 1.54) is 10.7 Å². The van der Waals surface area contributed by atoms with E-state index in [9.17, 15) is 0 Å². The van der Waals surface area contributed by atoms with Crippen molar-refractivity contribution in [2.45, 2.75) is 31.5 Å². The first-order valence-electron chi connectivity index (χ1n) is 7.93. The van der Waals surface area contributed by atoms with Crippen LogP contribution in [0, 0.1) is 0 Å². The van der Waals surface area contributed by atoms with Crippen molar-refractivity contribution in [3.63, 3.8) is 0 Å². The lowest BCUT2D eigenvalue weighted by Gasteiger charge is -2.31. The van der Waals surface area contributed by atoms with Crippen molar-refractivity contribution in [1.29, 1.82) is 0 Å². The molecule has 0 aliphatic carbocycles. The normalized spacial score (nSPS) is 26.3. The van der Waals surface area contributed by atoms with Crippen molar-refractivity contribution in [3.8, 4) is 0 Å². The molecule has 0 N–H and O–H groups in total. The highest BCUT2D eigenvalue weighted by Gasteiger charge is 2.45. The summed E-state index contributed by atoms with van der Waals surface area (Å²) in [7, 11) is 0. The molecule has 1 aromatic heterocycles. The zero-order valence-corrected chi connectivity index (χ0v) is 15.3. The number of pyridine rings is 1. The summed E-state index contributed by atoms with van der Waals surface area (Å²) >= 11 is 5.42. The first-order chi connectivity index (χ1) is 11.3. The van der Waals surface area contributed by atoms with Crippen LogP contribution in [0.15, 0.2) is 58.1 Å². The first kappa shape index (κ1) is 15.2. The van der Waals surface area contributed by atoms with Crippen molar-refractivity contribution in [3.05, 3.63) is 64.4 Å². The number of benzene rings is 1. The molecule has 4 rings (SSSR count). The number of thioether (sulfide) groups is 1. The molecular weight excluding hydrogens is 370 g/mol. The molecule has 0 bridgehead atoms. The van der Waals surface area contributed by atoms with Gasteiger partial charge < -0.3 is 4.90 Å². The second kappa shape index (κ2) is 6.29. The molecule has 3 atom stereocenters. The number of aromatic nitrogens is 1. The topological polar surface area (TPSA) is 28.5 Å². The van der Waals surface area contributed by atoms with Gasteiger partial charge in [0.05, 0.1) is 11.7 Å². The van der Waals surface area contributed by atoms with Gasteiger partial charge in [-0.05, 0) is 36.2 Å². The number of aliphatic imine (C=N–C) groups is 1. The molecule has 0 saturated carbocycles. The van der Waals surface area contributed by atoms with Crippen molar-refractivity contribution in [1.82, 2.24) is 9.88 Å². The largest absolute Gasteiger partial charge is 0.338 e. The lowest BCUT2D eigenvalue weighted by molar-refractivity contribution is 0.255. The fourth-order valence-electron chi connectivity index (χ4n) is 3.37. The van der Waals surface area contributed by atoms with Gasteiger partial charge in [0.15, 0.2) is 5.17 Å². The van der Waals surface area contributed by atoms with E-state index >= 15 is 0 Å². The van der Waals surface area contributed by atoms with E-state index in [4.69, 9.17) is 4.99 Å². The molecule has 1 saturated heterocycles. The molecular formula is C18H18BrN3S. The molecule has 3 nitrogen and oxygen atoms in total. The van der Waals surface area contributed by atoms with Crippen LogP contribution in [0.1, 0.15) is 36.7 Å². The second-order valence-electron chi connectivity index (χ2n) is 5.89.